The highest BCUT2D eigenvalue weighted by molar-refractivity contribution is 6.30. The minimum Gasteiger partial charge on any atom is -0.481 e. The summed E-state index contributed by atoms with van der Waals surface area (Å²) >= 11 is 6.16. The molecule has 0 radical (unpaired) electrons. The topological polar surface area (TPSA) is 53.4 Å². The summed E-state index contributed by atoms with van der Waals surface area (Å²) in [5, 5.41) is 10.2. The van der Waals surface area contributed by atoms with Gasteiger partial charge in [-0.3, -0.25) is 4.79 Å². The largest absolute Gasteiger partial charge is 0.481 e. The Morgan fingerprint density at radius 2 is 2.10 bits per heavy atom. The lowest BCUT2D eigenvalue weighted by molar-refractivity contribution is -0.137. The van der Waals surface area contributed by atoms with Crippen LogP contribution in [0.25, 0.3) is 10.9 Å². The molecule has 1 heterocycles. The normalized spacial score (nSPS) is 10.6. The van der Waals surface area contributed by atoms with Crippen LogP contribution in [0.3, 0.4) is 0 Å². The second-order valence-electron chi connectivity index (χ2n) is 4.51. The number of carbonyl (C=O) groups is 1. The molecule has 108 valence electrons. The molecular formula is C14H16Cl2N2O2. The van der Waals surface area contributed by atoms with Crippen LogP contribution in [0.15, 0.2) is 30.3 Å². The predicted octanol–water partition coefficient (Wildman–Crippen LogP) is 3.22. The van der Waals surface area contributed by atoms with Crippen molar-refractivity contribution in [1.29, 1.82) is 0 Å². The van der Waals surface area contributed by atoms with Gasteiger partial charge in [-0.1, -0.05) is 29.8 Å². The molecule has 6 heteroatoms. The zero-order valence-corrected chi connectivity index (χ0v) is 12.6. The summed E-state index contributed by atoms with van der Waals surface area (Å²) in [7, 11) is 1.87. The molecule has 0 saturated heterocycles. The van der Waals surface area contributed by atoms with Gasteiger partial charge in [-0.2, -0.15) is 0 Å². The molecule has 1 aromatic carbocycles. The monoisotopic (exact) mass is 314 g/mol. The second-order valence-corrected chi connectivity index (χ2v) is 4.87. The number of para-hydroxylation sites is 1. The van der Waals surface area contributed by atoms with Gasteiger partial charge in [0.1, 0.15) is 5.15 Å². The van der Waals surface area contributed by atoms with Gasteiger partial charge in [0.05, 0.1) is 11.9 Å². The molecule has 0 aliphatic heterocycles. The van der Waals surface area contributed by atoms with Gasteiger partial charge in [-0.05, 0) is 19.2 Å². The van der Waals surface area contributed by atoms with Gasteiger partial charge in [0.15, 0.2) is 0 Å². The maximum absolute atomic E-state index is 10.5. The highest BCUT2D eigenvalue weighted by Crippen LogP contribution is 2.21. The quantitative estimate of drug-likeness (QED) is 0.861. The van der Waals surface area contributed by atoms with Crippen LogP contribution in [0.5, 0.6) is 0 Å². The number of pyridine rings is 1. The van der Waals surface area contributed by atoms with Crippen molar-refractivity contribution < 1.29 is 9.90 Å². The van der Waals surface area contributed by atoms with Crippen LogP contribution in [-0.4, -0.2) is 34.6 Å². The lowest BCUT2D eigenvalue weighted by Gasteiger charge is -2.16. The molecule has 0 saturated carbocycles. The Balaban J connectivity index is 0.00000200. The Bertz CT molecular complexity index is 605. The number of hydrogen-bond donors (Lipinski definition) is 1. The van der Waals surface area contributed by atoms with Gasteiger partial charge in [-0.25, -0.2) is 4.98 Å². The van der Waals surface area contributed by atoms with E-state index in [1.165, 1.54) is 0 Å². The van der Waals surface area contributed by atoms with Crippen LogP contribution in [0.2, 0.25) is 5.15 Å². The lowest BCUT2D eigenvalue weighted by atomic mass is 10.1. The van der Waals surface area contributed by atoms with Crippen molar-refractivity contribution in [2.75, 3.05) is 13.6 Å². The third kappa shape index (κ3) is 4.34. The van der Waals surface area contributed by atoms with Gasteiger partial charge in [0.2, 0.25) is 0 Å². The van der Waals surface area contributed by atoms with Crippen LogP contribution >= 0.6 is 24.0 Å². The van der Waals surface area contributed by atoms with E-state index in [4.69, 9.17) is 16.7 Å². The number of hydrogen-bond acceptors (Lipinski definition) is 3. The van der Waals surface area contributed by atoms with Crippen LogP contribution in [-0.2, 0) is 11.3 Å². The maximum atomic E-state index is 10.5. The Labute approximate surface area is 128 Å². The molecule has 20 heavy (non-hydrogen) atoms. The fourth-order valence-electron chi connectivity index (χ4n) is 1.90. The third-order valence-corrected chi connectivity index (χ3v) is 3.22. The highest BCUT2D eigenvalue weighted by Gasteiger charge is 2.08. The van der Waals surface area contributed by atoms with E-state index < -0.39 is 5.97 Å². The van der Waals surface area contributed by atoms with E-state index in [1.54, 1.807) is 0 Å². The first kappa shape index (κ1) is 16.7. The van der Waals surface area contributed by atoms with Crippen molar-refractivity contribution in [3.8, 4) is 0 Å². The molecule has 2 rings (SSSR count). The number of halogens is 2. The first-order valence-electron chi connectivity index (χ1n) is 6.01. The van der Waals surface area contributed by atoms with Crippen LogP contribution in [0.1, 0.15) is 12.0 Å². The molecule has 0 bridgehead atoms. The van der Waals surface area contributed by atoms with E-state index in [-0.39, 0.29) is 18.8 Å². The molecule has 0 aliphatic rings. The molecule has 1 N–H and O–H groups in total. The van der Waals surface area contributed by atoms with Crippen molar-refractivity contribution in [3.63, 3.8) is 0 Å². The van der Waals surface area contributed by atoms with Crippen LogP contribution in [0, 0.1) is 0 Å². The molecule has 2 aromatic rings. The lowest BCUT2D eigenvalue weighted by Crippen LogP contribution is -2.21. The van der Waals surface area contributed by atoms with Crippen molar-refractivity contribution in [2.24, 2.45) is 0 Å². The Morgan fingerprint density at radius 1 is 1.40 bits per heavy atom. The first-order valence-corrected chi connectivity index (χ1v) is 6.38. The number of aliphatic carboxylic acids is 1. The van der Waals surface area contributed by atoms with E-state index >= 15 is 0 Å². The Morgan fingerprint density at radius 3 is 2.80 bits per heavy atom. The van der Waals surface area contributed by atoms with E-state index in [9.17, 15) is 4.79 Å². The average molecular weight is 315 g/mol. The number of rotatable bonds is 5. The van der Waals surface area contributed by atoms with E-state index in [0.29, 0.717) is 18.2 Å². The van der Waals surface area contributed by atoms with E-state index in [1.807, 2.05) is 42.3 Å². The van der Waals surface area contributed by atoms with E-state index in [0.717, 1.165) is 16.5 Å². The summed E-state index contributed by atoms with van der Waals surface area (Å²) in [6.07, 6.45) is 0.120. The van der Waals surface area contributed by atoms with Gasteiger partial charge in [0, 0.05) is 24.0 Å². The number of carboxylic acid groups (broad SMARTS) is 1. The maximum Gasteiger partial charge on any atom is 0.304 e. The number of aromatic nitrogens is 1. The van der Waals surface area contributed by atoms with Gasteiger partial charge >= 0.3 is 5.97 Å². The Kier molecular flexibility index (Phi) is 6.20. The molecule has 0 spiro atoms. The van der Waals surface area contributed by atoms with Crippen LogP contribution < -0.4 is 0 Å². The van der Waals surface area contributed by atoms with Gasteiger partial charge in [0.25, 0.3) is 0 Å². The fraction of sp³-hybridized carbons (Fsp3) is 0.286. The summed E-state index contributed by atoms with van der Waals surface area (Å²) in [6.45, 7) is 1.07. The molecule has 0 fully saturated rings. The van der Waals surface area contributed by atoms with Crippen molar-refractivity contribution in [3.05, 3.63) is 41.0 Å². The molecule has 1 aromatic heterocycles. The third-order valence-electron chi connectivity index (χ3n) is 2.90. The number of benzene rings is 1. The first-order chi connectivity index (χ1) is 9.06. The minimum atomic E-state index is -0.797. The van der Waals surface area contributed by atoms with Crippen molar-refractivity contribution in [1.82, 2.24) is 9.88 Å². The fourth-order valence-corrected chi connectivity index (χ4v) is 2.11. The molecule has 0 atom stereocenters. The number of carboxylic acids is 1. The van der Waals surface area contributed by atoms with Crippen LogP contribution in [0.4, 0.5) is 0 Å². The molecule has 0 unspecified atom stereocenters. The molecular weight excluding hydrogens is 299 g/mol. The van der Waals surface area contributed by atoms with Gasteiger partial charge in [-0.15, -0.1) is 12.4 Å². The smallest absolute Gasteiger partial charge is 0.304 e. The SMILES string of the molecule is CN(CCC(=O)O)Cc1cc2ccccc2nc1Cl.Cl. The molecule has 4 nitrogen and oxygen atoms in total. The second kappa shape index (κ2) is 7.43. The zero-order chi connectivity index (χ0) is 13.8. The average Bonchev–Trinajstić information content (AvgIpc) is 2.37. The van der Waals surface area contributed by atoms with Crippen molar-refractivity contribution in [2.45, 2.75) is 13.0 Å². The molecule has 0 aliphatic carbocycles. The standard InChI is InChI=1S/C14H15ClN2O2.ClH/c1-17(7-6-13(18)19)9-11-8-10-4-2-3-5-12(10)16-14(11)15;/h2-5,8H,6-7,9H2,1H3,(H,18,19);1H. The summed E-state index contributed by atoms with van der Waals surface area (Å²) in [5.41, 5.74) is 1.78. The molecule has 0 amide bonds. The summed E-state index contributed by atoms with van der Waals surface area (Å²) in [6, 6.07) is 9.78. The number of fused-ring (bicyclic) bond motifs is 1. The van der Waals surface area contributed by atoms with E-state index in [2.05, 4.69) is 4.98 Å². The summed E-state index contributed by atoms with van der Waals surface area (Å²) in [5.74, 6) is -0.797. The Hall–Kier alpha value is -1.36. The minimum absolute atomic E-state index is 0. The summed E-state index contributed by atoms with van der Waals surface area (Å²) in [4.78, 5) is 16.8. The summed E-state index contributed by atoms with van der Waals surface area (Å²) < 4.78 is 0. The van der Waals surface area contributed by atoms with Crippen molar-refractivity contribution >= 4 is 40.9 Å². The highest BCUT2D eigenvalue weighted by atomic mass is 35.5. The zero-order valence-electron chi connectivity index (χ0n) is 11.0. The predicted molar refractivity (Wildman–Crippen MR) is 82.6 cm³/mol. The number of nitrogens with zero attached hydrogens (tertiary/aromatic N) is 2. The van der Waals surface area contributed by atoms with Gasteiger partial charge < -0.3 is 10.0 Å².